The molecule has 1 aromatic heterocycles. The summed E-state index contributed by atoms with van der Waals surface area (Å²) >= 11 is 1.54. The lowest BCUT2D eigenvalue weighted by molar-refractivity contribution is 0.394. The molecule has 0 spiro atoms. The molecular formula is C30H26N2O4S. The lowest BCUT2D eigenvalue weighted by Gasteiger charge is -2.15. The zero-order valence-electron chi connectivity index (χ0n) is 20.8. The Labute approximate surface area is 219 Å². The van der Waals surface area contributed by atoms with Crippen LogP contribution in [0.3, 0.4) is 0 Å². The Balaban J connectivity index is 1.72. The van der Waals surface area contributed by atoms with Gasteiger partial charge in [0.25, 0.3) is 0 Å². The maximum atomic E-state index is 6.32. The van der Waals surface area contributed by atoms with Gasteiger partial charge in [-0.05, 0) is 54.1 Å². The molecule has 5 rings (SSSR count). The molecule has 1 heterocycles. The van der Waals surface area contributed by atoms with Crippen molar-refractivity contribution in [2.75, 3.05) is 21.3 Å². The van der Waals surface area contributed by atoms with Gasteiger partial charge < -0.3 is 18.9 Å². The minimum atomic E-state index is 0.671. The number of ether oxygens (including phenoxy) is 4. The van der Waals surface area contributed by atoms with Crippen molar-refractivity contribution in [3.8, 4) is 45.7 Å². The molecule has 186 valence electrons. The molecule has 0 radical (unpaired) electrons. The standard InChI is InChI=1S/C30H26N2O4S/c1-33-23-15-13-21(14-16-23)28-20-37-30(31-22-17-25(34-2)19-26(18-22)35-3)32(28)27-11-7-8-12-29(27)36-24-9-5-4-6-10-24/h4-20H,1-3H3. The molecule has 0 N–H and O–H groups in total. The number of hydrogen-bond donors (Lipinski definition) is 0. The summed E-state index contributed by atoms with van der Waals surface area (Å²) in [5.41, 5.74) is 3.59. The SMILES string of the molecule is COc1ccc(-c2csc(=Nc3cc(OC)cc(OC)c3)n2-c2ccccc2Oc2ccccc2)cc1. The molecule has 5 aromatic rings. The van der Waals surface area contributed by atoms with Crippen molar-refractivity contribution in [1.82, 2.24) is 4.57 Å². The van der Waals surface area contributed by atoms with Crippen molar-refractivity contribution in [3.05, 3.63) is 107 Å². The number of rotatable bonds is 8. The maximum absolute atomic E-state index is 6.32. The molecule has 0 aliphatic rings. The van der Waals surface area contributed by atoms with Gasteiger partial charge in [0.1, 0.15) is 23.0 Å². The highest BCUT2D eigenvalue weighted by Gasteiger charge is 2.15. The summed E-state index contributed by atoms with van der Waals surface area (Å²) in [5.74, 6) is 3.61. The number of hydrogen-bond acceptors (Lipinski definition) is 6. The Morgan fingerprint density at radius 1 is 0.649 bits per heavy atom. The average Bonchev–Trinajstić information content (AvgIpc) is 3.36. The van der Waals surface area contributed by atoms with E-state index in [2.05, 4.69) is 9.95 Å². The first-order valence-corrected chi connectivity index (χ1v) is 12.5. The van der Waals surface area contributed by atoms with Crippen molar-refractivity contribution in [2.24, 2.45) is 4.99 Å². The monoisotopic (exact) mass is 510 g/mol. The maximum Gasteiger partial charge on any atom is 0.195 e. The van der Waals surface area contributed by atoms with E-state index in [9.17, 15) is 0 Å². The Hall–Kier alpha value is -4.49. The molecule has 4 aromatic carbocycles. The summed E-state index contributed by atoms with van der Waals surface area (Å²) in [6, 6.07) is 31.3. The smallest absolute Gasteiger partial charge is 0.195 e. The summed E-state index contributed by atoms with van der Waals surface area (Å²) in [7, 11) is 4.92. The van der Waals surface area contributed by atoms with Gasteiger partial charge in [0.15, 0.2) is 10.6 Å². The van der Waals surface area contributed by atoms with Gasteiger partial charge >= 0.3 is 0 Å². The molecule has 0 saturated carbocycles. The van der Waals surface area contributed by atoms with Crippen LogP contribution in [0.5, 0.6) is 28.7 Å². The van der Waals surface area contributed by atoms with E-state index in [0.29, 0.717) is 17.2 Å². The van der Waals surface area contributed by atoms with E-state index in [1.807, 2.05) is 97.1 Å². The molecule has 0 saturated heterocycles. The Morgan fingerprint density at radius 2 is 1.30 bits per heavy atom. The van der Waals surface area contributed by atoms with Crippen molar-refractivity contribution >= 4 is 17.0 Å². The largest absolute Gasteiger partial charge is 0.497 e. The van der Waals surface area contributed by atoms with Crippen LogP contribution in [0.25, 0.3) is 16.9 Å². The summed E-state index contributed by atoms with van der Waals surface area (Å²) in [6.07, 6.45) is 0. The quantitative estimate of drug-likeness (QED) is 0.221. The Bertz CT molecular complexity index is 1530. The predicted octanol–water partition coefficient (Wildman–Crippen LogP) is 7.26. The molecule has 0 bridgehead atoms. The third kappa shape index (κ3) is 5.37. The number of aromatic nitrogens is 1. The van der Waals surface area contributed by atoms with Gasteiger partial charge in [-0.2, -0.15) is 0 Å². The fourth-order valence-electron chi connectivity index (χ4n) is 3.90. The predicted molar refractivity (Wildman–Crippen MR) is 147 cm³/mol. The molecule has 0 aliphatic heterocycles. The van der Waals surface area contributed by atoms with Crippen LogP contribution >= 0.6 is 11.3 Å². The minimum Gasteiger partial charge on any atom is -0.497 e. The summed E-state index contributed by atoms with van der Waals surface area (Å²) in [4.78, 5) is 5.77. The molecule has 7 heteroatoms. The van der Waals surface area contributed by atoms with Crippen LogP contribution in [-0.2, 0) is 0 Å². The molecule has 37 heavy (non-hydrogen) atoms. The van der Waals surface area contributed by atoms with Crippen molar-refractivity contribution in [2.45, 2.75) is 0 Å². The van der Waals surface area contributed by atoms with Crippen LogP contribution in [0.2, 0.25) is 0 Å². The highest BCUT2D eigenvalue weighted by molar-refractivity contribution is 7.07. The van der Waals surface area contributed by atoms with Gasteiger partial charge in [0.2, 0.25) is 0 Å². The van der Waals surface area contributed by atoms with Crippen molar-refractivity contribution < 1.29 is 18.9 Å². The lowest BCUT2D eigenvalue weighted by atomic mass is 10.1. The van der Waals surface area contributed by atoms with E-state index in [-0.39, 0.29) is 0 Å². The van der Waals surface area contributed by atoms with Crippen LogP contribution < -0.4 is 23.7 Å². The van der Waals surface area contributed by atoms with Crippen LogP contribution in [0.4, 0.5) is 5.69 Å². The van der Waals surface area contributed by atoms with Gasteiger partial charge in [-0.3, -0.25) is 4.57 Å². The van der Waals surface area contributed by atoms with Gasteiger partial charge in [-0.15, -0.1) is 11.3 Å². The second kappa shape index (κ2) is 11.1. The third-order valence-electron chi connectivity index (χ3n) is 5.73. The van der Waals surface area contributed by atoms with Crippen LogP contribution in [0.15, 0.2) is 107 Å². The van der Waals surface area contributed by atoms with Gasteiger partial charge in [-0.25, -0.2) is 4.99 Å². The van der Waals surface area contributed by atoms with E-state index < -0.39 is 0 Å². The van der Waals surface area contributed by atoms with E-state index in [1.54, 1.807) is 32.7 Å². The van der Waals surface area contributed by atoms with E-state index in [0.717, 1.165) is 38.9 Å². The summed E-state index contributed by atoms with van der Waals surface area (Å²) in [6.45, 7) is 0. The molecule has 0 amide bonds. The van der Waals surface area contributed by atoms with Crippen molar-refractivity contribution in [1.29, 1.82) is 0 Å². The molecule has 0 unspecified atom stereocenters. The molecule has 0 aliphatic carbocycles. The van der Waals surface area contributed by atoms with E-state index >= 15 is 0 Å². The normalized spacial score (nSPS) is 11.3. The molecule has 0 fully saturated rings. The highest BCUT2D eigenvalue weighted by atomic mass is 32.1. The number of methoxy groups -OCH3 is 3. The van der Waals surface area contributed by atoms with Crippen LogP contribution in [0, 0.1) is 0 Å². The van der Waals surface area contributed by atoms with E-state index in [4.69, 9.17) is 23.9 Å². The van der Waals surface area contributed by atoms with Gasteiger partial charge in [-0.1, -0.05) is 30.3 Å². The topological polar surface area (TPSA) is 54.2 Å². The second-order valence-corrected chi connectivity index (χ2v) is 8.87. The van der Waals surface area contributed by atoms with Gasteiger partial charge in [0.05, 0.1) is 38.4 Å². The highest BCUT2D eigenvalue weighted by Crippen LogP contribution is 2.33. The third-order valence-corrected chi connectivity index (χ3v) is 6.56. The first kappa shape index (κ1) is 24.2. The summed E-state index contributed by atoms with van der Waals surface area (Å²) in [5, 5.41) is 2.09. The lowest BCUT2D eigenvalue weighted by Crippen LogP contribution is -2.14. The fourth-order valence-corrected chi connectivity index (χ4v) is 4.81. The number of thiazole rings is 1. The average molecular weight is 511 g/mol. The molecule has 6 nitrogen and oxygen atoms in total. The number of para-hydroxylation sites is 3. The van der Waals surface area contributed by atoms with E-state index in [1.165, 1.54) is 0 Å². The Morgan fingerprint density at radius 3 is 1.97 bits per heavy atom. The van der Waals surface area contributed by atoms with Crippen LogP contribution in [-0.4, -0.2) is 25.9 Å². The van der Waals surface area contributed by atoms with Crippen LogP contribution in [0.1, 0.15) is 0 Å². The first-order chi connectivity index (χ1) is 18.2. The summed E-state index contributed by atoms with van der Waals surface area (Å²) < 4.78 is 24.7. The zero-order valence-corrected chi connectivity index (χ0v) is 21.6. The molecular weight excluding hydrogens is 484 g/mol. The zero-order chi connectivity index (χ0) is 25.6. The molecule has 0 atom stereocenters. The minimum absolute atomic E-state index is 0.671. The van der Waals surface area contributed by atoms with Crippen molar-refractivity contribution in [3.63, 3.8) is 0 Å². The number of nitrogens with zero attached hydrogens (tertiary/aromatic N) is 2. The second-order valence-electron chi connectivity index (χ2n) is 8.03. The first-order valence-electron chi connectivity index (χ1n) is 11.6. The van der Waals surface area contributed by atoms with Gasteiger partial charge in [0, 0.05) is 23.6 Å². The fraction of sp³-hybridized carbons (Fsp3) is 0.100. The Kier molecular flexibility index (Phi) is 7.23. The number of benzene rings is 4.